The van der Waals surface area contributed by atoms with Crippen LogP contribution in [0.1, 0.15) is 12.6 Å². The summed E-state index contributed by atoms with van der Waals surface area (Å²) in [6.45, 7) is 3.73. The minimum atomic E-state index is 0. The molecule has 1 unspecified atom stereocenters. The Morgan fingerprint density at radius 3 is 2.95 bits per heavy atom. The molecule has 0 fully saturated rings. The number of hydrogen-bond donors (Lipinski definition) is 2. The predicted octanol–water partition coefficient (Wildman–Crippen LogP) is 0.638. The standard InChI is InChI=1S/C14H21N5O.HI/c1-11-9-16-14(18-11)17-10-13(20)19(2)8-6-12-5-3-4-7-15-12;/h3-5,7,11H,6,8-10H2,1-2H3,(H2,16,17,18);1H. The molecule has 1 amide bonds. The molecule has 0 radical (unpaired) electrons. The molecule has 2 rings (SSSR count). The smallest absolute Gasteiger partial charge is 0.241 e. The highest BCUT2D eigenvalue weighted by atomic mass is 127. The van der Waals surface area contributed by atoms with Crippen molar-refractivity contribution in [2.24, 2.45) is 4.99 Å². The van der Waals surface area contributed by atoms with Crippen LogP contribution >= 0.6 is 24.0 Å². The van der Waals surface area contributed by atoms with E-state index in [-0.39, 0.29) is 36.4 Å². The molecule has 1 aromatic heterocycles. The number of carbonyl (C=O) groups is 1. The van der Waals surface area contributed by atoms with Crippen LogP contribution in [0.2, 0.25) is 0 Å². The van der Waals surface area contributed by atoms with Crippen molar-refractivity contribution in [2.45, 2.75) is 19.4 Å². The van der Waals surface area contributed by atoms with E-state index in [1.54, 1.807) is 18.1 Å². The average molecular weight is 403 g/mol. The molecule has 2 N–H and O–H groups in total. The van der Waals surface area contributed by atoms with E-state index in [2.05, 4.69) is 27.5 Å². The van der Waals surface area contributed by atoms with Gasteiger partial charge in [-0.2, -0.15) is 0 Å². The molecule has 2 heterocycles. The topological polar surface area (TPSA) is 69.6 Å². The van der Waals surface area contributed by atoms with Crippen molar-refractivity contribution >= 4 is 35.8 Å². The molecule has 1 atom stereocenters. The lowest BCUT2D eigenvalue weighted by atomic mass is 10.2. The summed E-state index contributed by atoms with van der Waals surface area (Å²) in [7, 11) is 1.81. The van der Waals surface area contributed by atoms with Gasteiger partial charge < -0.3 is 15.5 Å². The summed E-state index contributed by atoms with van der Waals surface area (Å²) in [5.41, 5.74) is 0.996. The first-order valence-electron chi connectivity index (χ1n) is 6.84. The van der Waals surface area contributed by atoms with E-state index in [1.165, 1.54) is 0 Å². The molecular weight excluding hydrogens is 381 g/mol. The third-order valence-corrected chi connectivity index (χ3v) is 3.17. The van der Waals surface area contributed by atoms with Crippen molar-refractivity contribution in [3.05, 3.63) is 30.1 Å². The van der Waals surface area contributed by atoms with Crippen molar-refractivity contribution in [2.75, 3.05) is 26.7 Å². The minimum Gasteiger partial charge on any atom is -0.352 e. The number of hydrogen-bond acceptors (Lipinski definition) is 5. The van der Waals surface area contributed by atoms with Gasteiger partial charge in [-0.05, 0) is 19.1 Å². The van der Waals surface area contributed by atoms with Crippen LogP contribution in [0.25, 0.3) is 0 Å². The van der Waals surface area contributed by atoms with E-state index in [4.69, 9.17) is 0 Å². The number of guanidine groups is 1. The molecule has 1 aliphatic heterocycles. The molecule has 7 heteroatoms. The first-order valence-corrected chi connectivity index (χ1v) is 6.84. The number of likely N-dealkylation sites (N-methyl/N-ethyl adjacent to an activating group) is 1. The monoisotopic (exact) mass is 403 g/mol. The summed E-state index contributed by atoms with van der Waals surface area (Å²) >= 11 is 0. The normalized spacial score (nSPS) is 16.5. The van der Waals surface area contributed by atoms with Gasteiger partial charge in [0.2, 0.25) is 5.91 Å². The molecule has 0 spiro atoms. The maximum atomic E-state index is 12.0. The van der Waals surface area contributed by atoms with E-state index in [0.717, 1.165) is 18.7 Å². The summed E-state index contributed by atoms with van der Waals surface area (Å²) < 4.78 is 0. The van der Waals surface area contributed by atoms with Crippen LogP contribution in [0.4, 0.5) is 0 Å². The average Bonchev–Trinajstić information content (AvgIpc) is 2.89. The van der Waals surface area contributed by atoms with Crippen molar-refractivity contribution in [1.82, 2.24) is 20.5 Å². The third kappa shape index (κ3) is 5.86. The Kier molecular flexibility index (Phi) is 7.41. The Morgan fingerprint density at radius 1 is 1.52 bits per heavy atom. The lowest BCUT2D eigenvalue weighted by Crippen LogP contribution is -2.43. The van der Waals surface area contributed by atoms with Crippen LogP contribution in [0.15, 0.2) is 29.4 Å². The van der Waals surface area contributed by atoms with Crippen LogP contribution < -0.4 is 10.6 Å². The summed E-state index contributed by atoms with van der Waals surface area (Å²) in [6.07, 6.45) is 2.53. The van der Waals surface area contributed by atoms with E-state index in [1.807, 2.05) is 18.2 Å². The molecule has 21 heavy (non-hydrogen) atoms. The van der Waals surface area contributed by atoms with Crippen LogP contribution in [0.3, 0.4) is 0 Å². The SMILES string of the molecule is CC1CN=C(NCC(=O)N(C)CCc2ccccn2)N1.I. The first kappa shape index (κ1) is 17.7. The number of aliphatic imine (C=N–C) groups is 1. The van der Waals surface area contributed by atoms with Crippen LogP contribution in [0, 0.1) is 0 Å². The van der Waals surface area contributed by atoms with Gasteiger partial charge in [0.15, 0.2) is 5.96 Å². The molecule has 0 saturated heterocycles. The Balaban J connectivity index is 0.00000220. The van der Waals surface area contributed by atoms with Gasteiger partial charge in [0, 0.05) is 37.9 Å². The summed E-state index contributed by atoms with van der Waals surface area (Å²) in [4.78, 5) is 22.2. The fraction of sp³-hybridized carbons (Fsp3) is 0.500. The number of rotatable bonds is 5. The Hall–Kier alpha value is -1.38. The Bertz CT molecular complexity index is 480. The van der Waals surface area contributed by atoms with Crippen LogP contribution in [-0.2, 0) is 11.2 Å². The van der Waals surface area contributed by atoms with E-state index in [9.17, 15) is 4.79 Å². The quantitative estimate of drug-likeness (QED) is 0.709. The lowest BCUT2D eigenvalue weighted by molar-refractivity contribution is -0.128. The third-order valence-electron chi connectivity index (χ3n) is 3.17. The molecule has 116 valence electrons. The minimum absolute atomic E-state index is 0. The number of pyridine rings is 1. The molecule has 0 saturated carbocycles. The first-order chi connectivity index (χ1) is 9.65. The van der Waals surface area contributed by atoms with Gasteiger partial charge in [-0.3, -0.25) is 14.8 Å². The Labute approximate surface area is 142 Å². The van der Waals surface area contributed by atoms with Crippen LogP contribution in [0.5, 0.6) is 0 Å². The van der Waals surface area contributed by atoms with E-state index < -0.39 is 0 Å². The van der Waals surface area contributed by atoms with Crippen LogP contribution in [-0.4, -0.2) is 54.5 Å². The van der Waals surface area contributed by atoms with Crippen molar-refractivity contribution < 1.29 is 4.79 Å². The maximum absolute atomic E-state index is 12.0. The van der Waals surface area contributed by atoms with Crippen molar-refractivity contribution in [1.29, 1.82) is 0 Å². The number of aromatic nitrogens is 1. The second kappa shape index (κ2) is 8.81. The molecule has 6 nitrogen and oxygen atoms in total. The van der Waals surface area contributed by atoms with Crippen molar-refractivity contribution in [3.8, 4) is 0 Å². The van der Waals surface area contributed by atoms with Gasteiger partial charge in [0.1, 0.15) is 0 Å². The maximum Gasteiger partial charge on any atom is 0.241 e. The number of nitrogens with one attached hydrogen (secondary N) is 2. The number of carbonyl (C=O) groups excluding carboxylic acids is 1. The number of amides is 1. The number of halogens is 1. The highest BCUT2D eigenvalue weighted by Gasteiger charge is 2.14. The fourth-order valence-electron chi connectivity index (χ4n) is 1.91. The molecule has 1 aromatic rings. The zero-order valence-electron chi connectivity index (χ0n) is 12.4. The second-order valence-corrected chi connectivity index (χ2v) is 4.97. The van der Waals surface area contributed by atoms with Gasteiger partial charge in [0.05, 0.1) is 13.1 Å². The highest BCUT2D eigenvalue weighted by molar-refractivity contribution is 14.0. The van der Waals surface area contributed by atoms with Gasteiger partial charge in [0.25, 0.3) is 0 Å². The zero-order chi connectivity index (χ0) is 14.4. The summed E-state index contributed by atoms with van der Waals surface area (Å²) in [5, 5.41) is 6.19. The predicted molar refractivity (Wildman–Crippen MR) is 93.9 cm³/mol. The molecule has 0 aromatic carbocycles. The molecule has 0 aliphatic carbocycles. The zero-order valence-corrected chi connectivity index (χ0v) is 14.7. The summed E-state index contributed by atoms with van der Waals surface area (Å²) in [6, 6.07) is 6.15. The van der Waals surface area contributed by atoms with E-state index >= 15 is 0 Å². The fourth-order valence-corrected chi connectivity index (χ4v) is 1.91. The van der Waals surface area contributed by atoms with Gasteiger partial charge >= 0.3 is 0 Å². The van der Waals surface area contributed by atoms with Gasteiger partial charge in [-0.1, -0.05) is 6.07 Å². The summed E-state index contributed by atoms with van der Waals surface area (Å²) in [5.74, 6) is 0.758. The van der Waals surface area contributed by atoms with Gasteiger partial charge in [-0.25, -0.2) is 0 Å². The molecule has 0 bridgehead atoms. The van der Waals surface area contributed by atoms with E-state index in [0.29, 0.717) is 18.5 Å². The van der Waals surface area contributed by atoms with Crippen molar-refractivity contribution in [3.63, 3.8) is 0 Å². The lowest BCUT2D eigenvalue weighted by Gasteiger charge is -2.17. The van der Waals surface area contributed by atoms with Gasteiger partial charge in [-0.15, -0.1) is 24.0 Å². The highest BCUT2D eigenvalue weighted by Crippen LogP contribution is 1.97. The number of nitrogens with zero attached hydrogens (tertiary/aromatic N) is 3. The molecular formula is C14H22IN5O. The largest absolute Gasteiger partial charge is 0.352 e. The molecule has 1 aliphatic rings. The second-order valence-electron chi connectivity index (χ2n) is 4.97. The Morgan fingerprint density at radius 2 is 2.33 bits per heavy atom.